The van der Waals surface area contributed by atoms with Crippen molar-refractivity contribution in [2.45, 2.75) is 13.3 Å². The number of halogens is 4. The molecule has 0 N–H and O–H groups in total. The van der Waals surface area contributed by atoms with E-state index in [2.05, 4.69) is 14.9 Å². The highest BCUT2D eigenvalue weighted by Gasteiger charge is 2.31. The summed E-state index contributed by atoms with van der Waals surface area (Å²) in [6.45, 7) is 1.23. The van der Waals surface area contributed by atoms with Crippen molar-refractivity contribution in [3.63, 3.8) is 0 Å². The quantitative estimate of drug-likeness (QED) is 0.109. The Morgan fingerprint density at radius 1 is 1.06 bits per heavy atom. The van der Waals surface area contributed by atoms with Gasteiger partial charge in [-0.25, -0.2) is 9.18 Å². The second-order valence-corrected chi connectivity index (χ2v) is 6.38. The summed E-state index contributed by atoms with van der Waals surface area (Å²) >= 11 is 0. The van der Waals surface area contributed by atoms with Crippen LogP contribution in [0.1, 0.15) is 12.8 Å². The van der Waals surface area contributed by atoms with Gasteiger partial charge in [0.25, 0.3) is 5.89 Å². The number of alkyl halides is 3. The lowest BCUT2D eigenvalue weighted by Gasteiger charge is -2.08. The molecule has 3 rings (SSSR count). The van der Waals surface area contributed by atoms with Crippen LogP contribution in [0.15, 0.2) is 77.0 Å². The van der Waals surface area contributed by atoms with Gasteiger partial charge in [0.1, 0.15) is 18.1 Å². The summed E-state index contributed by atoms with van der Waals surface area (Å²) in [5.41, 5.74) is 0.449. The molecule has 0 unspecified atom stereocenters. The predicted molar refractivity (Wildman–Crippen MR) is 107 cm³/mol. The maximum atomic E-state index is 14.2. The van der Waals surface area contributed by atoms with Gasteiger partial charge in [0, 0.05) is 5.56 Å². The van der Waals surface area contributed by atoms with Gasteiger partial charge in [-0.3, -0.25) is 0 Å². The Bertz CT molecular complexity index is 1140. The molecule has 1 heterocycles. The highest BCUT2D eigenvalue weighted by Crippen LogP contribution is 2.26. The summed E-state index contributed by atoms with van der Waals surface area (Å²) in [5, 5.41) is 3.59. The van der Waals surface area contributed by atoms with Gasteiger partial charge < -0.3 is 18.7 Å². The lowest BCUT2D eigenvalue weighted by atomic mass is 10.2. The Labute approximate surface area is 184 Å². The number of para-hydroxylation sites is 1. The second-order valence-electron chi connectivity index (χ2n) is 6.38. The molecule has 172 valence electrons. The van der Waals surface area contributed by atoms with E-state index < -0.39 is 29.8 Å². The van der Waals surface area contributed by atoms with Crippen molar-refractivity contribution >= 4 is 11.8 Å². The molecule has 0 amide bonds. The molecule has 0 saturated carbocycles. The van der Waals surface area contributed by atoms with Crippen molar-refractivity contribution in [2.75, 3.05) is 6.61 Å². The van der Waals surface area contributed by atoms with Crippen LogP contribution in [0.25, 0.3) is 17.2 Å². The summed E-state index contributed by atoms with van der Waals surface area (Å²) in [4.78, 5) is 15.8. The Kier molecular flexibility index (Phi) is 7.44. The highest BCUT2D eigenvalue weighted by atomic mass is 19.4. The zero-order valence-corrected chi connectivity index (χ0v) is 17.0. The first kappa shape index (κ1) is 23.5. The molecule has 2 aromatic carbocycles. The minimum atomic E-state index is -4.81. The van der Waals surface area contributed by atoms with Crippen LogP contribution >= 0.6 is 0 Å². The molecule has 7 nitrogen and oxygen atoms in total. The highest BCUT2D eigenvalue weighted by molar-refractivity contribution is 5.89. The predicted octanol–water partition coefficient (Wildman–Crippen LogP) is 5.47. The average Bonchev–Trinajstić information content (AvgIpc) is 3.27. The van der Waals surface area contributed by atoms with Gasteiger partial charge in [-0.05, 0) is 49.4 Å². The standard InChI is InChI=1S/C22H16F4N2O5/c1-14(21(29)31-16-5-3-2-4-6-16)13-30-12-11-18(23)20-27-19(28-33-20)15-7-9-17(10-8-15)32-22(24,25)26/h2-11,13H,12H2,1H3/b14-13+,18-11-. The molecular formula is C22H16F4N2O5. The van der Waals surface area contributed by atoms with Gasteiger partial charge in [0.05, 0.1) is 11.8 Å². The SMILES string of the molecule is C/C(=C\OC/C=C(\F)c1nc(-c2ccc(OC(F)(F)F)cc2)no1)C(=O)Oc1ccccc1. The molecule has 11 heteroatoms. The fourth-order valence-corrected chi connectivity index (χ4v) is 2.35. The van der Waals surface area contributed by atoms with Crippen molar-refractivity contribution in [1.82, 2.24) is 10.1 Å². The number of aromatic nitrogens is 2. The van der Waals surface area contributed by atoms with Crippen LogP contribution in [-0.2, 0) is 9.53 Å². The van der Waals surface area contributed by atoms with E-state index in [0.717, 1.165) is 24.5 Å². The van der Waals surface area contributed by atoms with Crippen LogP contribution in [0.2, 0.25) is 0 Å². The zero-order chi connectivity index (χ0) is 23.8. The first-order valence-corrected chi connectivity index (χ1v) is 9.33. The Morgan fingerprint density at radius 3 is 2.42 bits per heavy atom. The molecule has 0 aliphatic heterocycles. The molecule has 0 spiro atoms. The van der Waals surface area contributed by atoms with Crippen molar-refractivity contribution in [1.29, 1.82) is 0 Å². The molecule has 0 fully saturated rings. The summed E-state index contributed by atoms with van der Waals surface area (Å²) in [7, 11) is 0. The second kappa shape index (κ2) is 10.4. The van der Waals surface area contributed by atoms with E-state index in [1.165, 1.54) is 19.1 Å². The number of carbonyl (C=O) groups excluding carboxylic acids is 1. The molecule has 1 aromatic heterocycles. The van der Waals surface area contributed by atoms with Gasteiger partial charge in [-0.2, -0.15) is 4.98 Å². The number of ether oxygens (including phenoxy) is 3. The first-order chi connectivity index (χ1) is 15.7. The Balaban J connectivity index is 1.54. The Hall–Kier alpha value is -4.15. The fraction of sp³-hybridized carbons (Fsp3) is 0.136. The Morgan fingerprint density at radius 2 is 1.76 bits per heavy atom. The summed E-state index contributed by atoms with van der Waals surface area (Å²) < 4.78 is 69.7. The topological polar surface area (TPSA) is 83.7 Å². The van der Waals surface area contributed by atoms with Crippen LogP contribution in [0, 0.1) is 0 Å². The number of nitrogens with zero attached hydrogens (tertiary/aromatic N) is 2. The van der Waals surface area contributed by atoms with Gasteiger partial charge in [0.15, 0.2) is 5.83 Å². The summed E-state index contributed by atoms with van der Waals surface area (Å²) in [6.07, 6.45) is -2.69. The number of esters is 1. The van der Waals surface area contributed by atoms with Gasteiger partial charge in [-0.1, -0.05) is 23.4 Å². The zero-order valence-electron chi connectivity index (χ0n) is 17.0. The molecule has 0 radical (unpaired) electrons. The molecule has 3 aromatic rings. The van der Waals surface area contributed by atoms with Crippen LogP contribution in [0.4, 0.5) is 17.6 Å². The van der Waals surface area contributed by atoms with Gasteiger partial charge in [0.2, 0.25) is 5.82 Å². The van der Waals surface area contributed by atoms with Gasteiger partial charge >= 0.3 is 12.3 Å². The number of hydrogen-bond acceptors (Lipinski definition) is 7. The van der Waals surface area contributed by atoms with Crippen LogP contribution in [0.5, 0.6) is 11.5 Å². The third-order valence-electron chi connectivity index (χ3n) is 3.87. The summed E-state index contributed by atoms with van der Waals surface area (Å²) in [6, 6.07) is 13.1. The van der Waals surface area contributed by atoms with Gasteiger partial charge in [-0.15, -0.1) is 13.2 Å². The molecule has 0 bridgehead atoms. The van der Waals surface area contributed by atoms with Crippen molar-refractivity contribution in [3.8, 4) is 22.9 Å². The van der Waals surface area contributed by atoms with Crippen molar-refractivity contribution in [3.05, 3.63) is 78.4 Å². The minimum Gasteiger partial charge on any atom is -0.496 e. The minimum absolute atomic E-state index is 0.0348. The molecule has 0 aliphatic carbocycles. The number of hydrogen-bond donors (Lipinski definition) is 0. The van der Waals surface area contributed by atoms with Crippen LogP contribution < -0.4 is 9.47 Å². The molecular weight excluding hydrogens is 448 g/mol. The van der Waals surface area contributed by atoms with E-state index >= 15 is 0 Å². The van der Waals surface area contributed by atoms with Crippen molar-refractivity contribution in [2.24, 2.45) is 0 Å². The first-order valence-electron chi connectivity index (χ1n) is 9.33. The normalized spacial score (nSPS) is 12.4. The number of carbonyl (C=O) groups is 1. The average molecular weight is 464 g/mol. The smallest absolute Gasteiger partial charge is 0.496 e. The number of rotatable bonds is 8. The summed E-state index contributed by atoms with van der Waals surface area (Å²) in [5.74, 6) is -2.05. The van der Waals surface area contributed by atoms with E-state index in [1.807, 2.05) is 0 Å². The third kappa shape index (κ3) is 7.20. The van der Waals surface area contributed by atoms with Crippen molar-refractivity contribution < 1.29 is 41.1 Å². The number of benzene rings is 2. The van der Waals surface area contributed by atoms with E-state index in [9.17, 15) is 22.4 Å². The molecule has 33 heavy (non-hydrogen) atoms. The monoisotopic (exact) mass is 464 g/mol. The lowest BCUT2D eigenvalue weighted by Crippen LogP contribution is -2.16. The molecule has 0 atom stereocenters. The molecule has 0 aliphatic rings. The van der Waals surface area contributed by atoms with E-state index in [4.69, 9.17) is 14.0 Å². The molecule has 0 saturated heterocycles. The van der Waals surface area contributed by atoms with E-state index in [1.54, 1.807) is 30.3 Å². The lowest BCUT2D eigenvalue weighted by molar-refractivity contribution is -0.274. The van der Waals surface area contributed by atoms with E-state index in [-0.39, 0.29) is 18.0 Å². The maximum absolute atomic E-state index is 14.2. The fourth-order valence-electron chi connectivity index (χ4n) is 2.35. The van der Waals surface area contributed by atoms with Crippen LogP contribution in [0.3, 0.4) is 0 Å². The third-order valence-corrected chi connectivity index (χ3v) is 3.87. The van der Waals surface area contributed by atoms with E-state index in [0.29, 0.717) is 11.3 Å². The van der Waals surface area contributed by atoms with Crippen LogP contribution in [-0.4, -0.2) is 29.1 Å². The maximum Gasteiger partial charge on any atom is 0.573 e. The largest absolute Gasteiger partial charge is 0.573 e.